The van der Waals surface area contributed by atoms with Crippen molar-refractivity contribution < 1.29 is 4.52 Å². The number of aromatic amines is 1. The first kappa shape index (κ1) is 8.74. The van der Waals surface area contributed by atoms with Crippen LogP contribution in [0.15, 0.2) is 21.6 Å². The van der Waals surface area contributed by atoms with E-state index in [0.717, 1.165) is 18.7 Å². The van der Waals surface area contributed by atoms with Crippen molar-refractivity contribution in [3.8, 4) is 11.5 Å². The summed E-state index contributed by atoms with van der Waals surface area (Å²) in [4.78, 5) is 13.2. The van der Waals surface area contributed by atoms with Crippen LogP contribution in [0.2, 0.25) is 0 Å². The number of rotatable bonds is 3. The van der Waals surface area contributed by atoms with Crippen LogP contribution >= 0.6 is 0 Å². The van der Waals surface area contributed by atoms with E-state index < -0.39 is 5.76 Å². The second kappa shape index (κ2) is 3.49. The Morgan fingerprint density at radius 2 is 2.50 bits per heavy atom. The molecule has 0 spiro atoms. The molecule has 0 aliphatic rings. The van der Waals surface area contributed by atoms with Crippen molar-refractivity contribution in [1.82, 2.24) is 19.9 Å². The van der Waals surface area contributed by atoms with Crippen LogP contribution < -0.4 is 5.76 Å². The molecule has 14 heavy (non-hydrogen) atoms. The minimum absolute atomic E-state index is 0.418. The maximum Gasteiger partial charge on any atom is 0.439 e. The monoisotopic (exact) mass is 194 g/mol. The third-order valence-electron chi connectivity index (χ3n) is 1.83. The van der Waals surface area contributed by atoms with Gasteiger partial charge in [-0.1, -0.05) is 12.1 Å². The van der Waals surface area contributed by atoms with Crippen LogP contribution in [0.25, 0.3) is 11.5 Å². The fourth-order valence-corrected chi connectivity index (χ4v) is 1.26. The standard InChI is InChI=1S/C8H10N4O2/c1-2-5-12-6(3-4-9-12)7-10-8(13)14-11-7/h3-4H,2,5H2,1H3,(H,10,11,13). The lowest BCUT2D eigenvalue weighted by atomic mass is 10.4. The van der Waals surface area contributed by atoms with Gasteiger partial charge < -0.3 is 0 Å². The summed E-state index contributed by atoms with van der Waals surface area (Å²) in [7, 11) is 0. The maximum atomic E-state index is 10.7. The van der Waals surface area contributed by atoms with Crippen molar-refractivity contribution in [1.29, 1.82) is 0 Å². The highest BCUT2D eigenvalue weighted by molar-refractivity contribution is 5.47. The second-order valence-electron chi connectivity index (χ2n) is 2.88. The van der Waals surface area contributed by atoms with E-state index in [-0.39, 0.29) is 0 Å². The molecule has 0 aliphatic carbocycles. The molecule has 2 heterocycles. The molecule has 0 aromatic carbocycles. The van der Waals surface area contributed by atoms with E-state index in [1.54, 1.807) is 16.9 Å². The number of aromatic nitrogens is 4. The molecule has 0 unspecified atom stereocenters. The van der Waals surface area contributed by atoms with Crippen LogP contribution in [0.4, 0.5) is 0 Å². The Balaban J connectivity index is 2.40. The van der Waals surface area contributed by atoms with Gasteiger partial charge in [0.25, 0.3) is 0 Å². The molecule has 74 valence electrons. The summed E-state index contributed by atoms with van der Waals surface area (Å²) < 4.78 is 6.19. The van der Waals surface area contributed by atoms with E-state index in [1.807, 2.05) is 0 Å². The van der Waals surface area contributed by atoms with Gasteiger partial charge in [0.1, 0.15) is 5.69 Å². The number of hydrogen-bond acceptors (Lipinski definition) is 4. The normalized spacial score (nSPS) is 10.6. The van der Waals surface area contributed by atoms with Crippen molar-refractivity contribution in [3.05, 3.63) is 22.8 Å². The first-order valence-electron chi connectivity index (χ1n) is 4.39. The average molecular weight is 194 g/mol. The van der Waals surface area contributed by atoms with Gasteiger partial charge in [-0.15, -0.1) is 0 Å². The summed E-state index contributed by atoms with van der Waals surface area (Å²) in [6.07, 6.45) is 2.63. The first-order chi connectivity index (χ1) is 6.81. The number of H-pyrrole nitrogens is 1. The largest absolute Gasteiger partial charge is 0.439 e. The highest BCUT2D eigenvalue weighted by atomic mass is 16.5. The van der Waals surface area contributed by atoms with Crippen LogP contribution in [-0.2, 0) is 6.54 Å². The van der Waals surface area contributed by atoms with Gasteiger partial charge in [0, 0.05) is 12.7 Å². The van der Waals surface area contributed by atoms with Crippen molar-refractivity contribution in [2.45, 2.75) is 19.9 Å². The van der Waals surface area contributed by atoms with Crippen molar-refractivity contribution >= 4 is 0 Å². The van der Waals surface area contributed by atoms with Gasteiger partial charge in [0.15, 0.2) is 0 Å². The molecule has 6 heteroatoms. The molecule has 0 amide bonds. The maximum absolute atomic E-state index is 10.7. The van der Waals surface area contributed by atoms with E-state index in [9.17, 15) is 4.79 Å². The summed E-state index contributed by atoms with van der Waals surface area (Å²) in [6, 6.07) is 1.78. The SMILES string of the molecule is CCCn1nccc1-c1noc(=O)[nH]1. The van der Waals surface area contributed by atoms with E-state index >= 15 is 0 Å². The lowest BCUT2D eigenvalue weighted by Gasteiger charge is -2.00. The second-order valence-corrected chi connectivity index (χ2v) is 2.88. The van der Waals surface area contributed by atoms with Crippen molar-refractivity contribution in [2.75, 3.05) is 0 Å². The molecule has 2 rings (SSSR count). The van der Waals surface area contributed by atoms with Crippen molar-refractivity contribution in [2.24, 2.45) is 0 Å². The topological polar surface area (TPSA) is 76.7 Å². The van der Waals surface area contributed by atoms with Crippen LogP contribution in [-0.4, -0.2) is 19.9 Å². The summed E-state index contributed by atoms with van der Waals surface area (Å²) >= 11 is 0. The van der Waals surface area contributed by atoms with Crippen LogP contribution in [0.1, 0.15) is 13.3 Å². The Bertz CT molecular complexity index is 467. The van der Waals surface area contributed by atoms with E-state index in [1.165, 1.54) is 0 Å². The molecular weight excluding hydrogens is 184 g/mol. The number of nitrogens with one attached hydrogen (secondary N) is 1. The highest BCUT2D eigenvalue weighted by Crippen LogP contribution is 2.12. The van der Waals surface area contributed by atoms with E-state index in [2.05, 4.69) is 26.7 Å². The minimum atomic E-state index is -0.552. The van der Waals surface area contributed by atoms with Gasteiger partial charge in [-0.05, 0) is 12.5 Å². The van der Waals surface area contributed by atoms with Crippen LogP contribution in [0, 0.1) is 0 Å². The molecule has 0 saturated heterocycles. The Labute approximate surface area is 79.5 Å². The Morgan fingerprint density at radius 3 is 3.14 bits per heavy atom. The molecule has 0 fully saturated rings. The summed E-state index contributed by atoms with van der Waals surface area (Å²) in [5, 5.41) is 7.70. The number of hydrogen-bond donors (Lipinski definition) is 1. The zero-order chi connectivity index (χ0) is 9.97. The lowest BCUT2D eigenvalue weighted by Crippen LogP contribution is -2.03. The molecule has 2 aromatic rings. The summed E-state index contributed by atoms with van der Waals surface area (Å²) in [5.41, 5.74) is 0.762. The zero-order valence-electron chi connectivity index (χ0n) is 7.73. The fourth-order valence-electron chi connectivity index (χ4n) is 1.26. The van der Waals surface area contributed by atoms with E-state index in [0.29, 0.717) is 5.82 Å². The van der Waals surface area contributed by atoms with Gasteiger partial charge >= 0.3 is 5.76 Å². The molecule has 2 aromatic heterocycles. The first-order valence-corrected chi connectivity index (χ1v) is 4.39. The number of nitrogens with zero attached hydrogens (tertiary/aromatic N) is 3. The van der Waals surface area contributed by atoms with Gasteiger partial charge in [0.2, 0.25) is 5.82 Å². The molecule has 6 nitrogen and oxygen atoms in total. The van der Waals surface area contributed by atoms with Gasteiger partial charge in [-0.2, -0.15) is 5.10 Å². The van der Waals surface area contributed by atoms with Crippen molar-refractivity contribution in [3.63, 3.8) is 0 Å². The number of aryl methyl sites for hydroxylation is 1. The summed E-state index contributed by atoms with van der Waals surface area (Å²) in [5.74, 6) is -0.134. The van der Waals surface area contributed by atoms with Crippen LogP contribution in [0.5, 0.6) is 0 Å². The molecule has 1 N–H and O–H groups in total. The average Bonchev–Trinajstić information content (AvgIpc) is 2.74. The van der Waals surface area contributed by atoms with Gasteiger partial charge in [0.05, 0.1) is 0 Å². The van der Waals surface area contributed by atoms with Crippen LogP contribution in [0.3, 0.4) is 0 Å². The molecule has 0 atom stereocenters. The Kier molecular flexibility index (Phi) is 2.18. The lowest BCUT2D eigenvalue weighted by molar-refractivity contribution is 0.387. The fraction of sp³-hybridized carbons (Fsp3) is 0.375. The highest BCUT2D eigenvalue weighted by Gasteiger charge is 2.09. The molecule has 0 radical (unpaired) electrons. The minimum Gasteiger partial charge on any atom is -0.296 e. The van der Waals surface area contributed by atoms with Gasteiger partial charge in [-0.25, -0.2) is 4.79 Å². The van der Waals surface area contributed by atoms with E-state index in [4.69, 9.17) is 0 Å². The quantitative estimate of drug-likeness (QED) is 0.777. The Morgan fingerprint density at radius 1 is 1.64 bits per heavy atom. The zero-order valence-corrected chi connectivity index (χ0v) is 7.73. The molecule has 0 aliphatic heterocycles. The summed E-state index contributed by atoms with van der Waals surface area (Å²) in [6.45, 7) is 2.84. The molecule has 0 bridgehead atoms. The Hall–Kier alpha value is -1.85. The smallest absolute Gasteiger partial charge is 0.296 e. The van der Waals surface area contributed by atoms with Gasteiger partial charge in [-0.3, -0.25) is 14.2 Å². The molecular formula is C8H10N4O2. The third kappa shape index (κ3) is 1.46. The predicted octanol–water partition coefficient (Wildman–Crippen LogP) is 0.636. The molecule has 0 saturated carbocycles. The third-order valence-corrected chi connectivity index (χ3v) is 1.83. The predicted molar refractivity (Wildman–Crippen MR) is 48.6 cm³/mol.